The molecule has 1 saturated carbocycles. The lowest BCUT2D eigenvalue weighted by Gasteiger charge is -2.10. The lowest BCUT2D eigenvalue weighted by molar-refractivity contribution is 0.802. The zero-order valence-electron chi connectivity index (χ0n) is 13.5. The van der Waals surface area contributed by atoms with Crippen LogP contribution in [0.1, 0.15) is 18.5 Å². The molecule has 4 rings (SSSR count). The Hall–Kier alpha value is -2.73. The van der Waals surface area contributed by atoms with E-state index < -0.39 is 0 Å². The lowest BCUT2D eigenvalue weighted by atomic mass is 10.1. The van der Waals surface area contributed by atoms with Crippen LogP contribution < -0.4 is 11.1 Å². The van der Waals surface area contributed by atoms with Crippen molar-refractivity contribution in [1.29, 1.82) is 0 Å². The molecule has 0 unspecified atom stereocenters. The molecule has 0 saturated heterocycles. The first-order valence-corrected chi connectivity index (χ1v) is 8.52. The molecule has 2 aromatic heterocycles. The molecule has 6 nitrogen and oxygen atoms in total. The maximum absolute atomic E-state index is 5.91. The summed E-state index contributed by atoms with van der Waals surface area (Å²) in [5.41, 5.74) is 9.27. The van der Waals surface area contributed by atoms with Crippen LogP contribution >= 0.6 is 11.6 Å². The highest BCUT2D eigenvalue weighted by Crippen LogP contribution is 2.34. The SMILES string of the molecule is Nc1ncc(-c2ccnc(Nc3ccc(Cl)cc3)n2)c(CC2CC2)n1. The topological polar surface area (TPSA) is 89.6 Å². The number of nitrogen functional groups attached to an aromatic ring is 1. The van der Waals surface area contributed by atoms with Gasteiger partial charge >= 0.3 is 0 Å². The quantitative estimate of drug-likeness (QED) is 0.724. The van der Waals surface area contributed by atoms with Gasteiger partial charge in [-0.15, -0.1) is 0 Å². The van der Waals surface area contributed by atoms with Gasteiger partial charge in [0, 0.05) is 28.7 Å². The fraction of sp³-hybridized carbons (Fsp3) is 0.222. The summed E-state index contributed by atoms with van der Waals surface area (Å²) in [6.07, 6.45) is 6.87. The van der Waals surface area contributed by atoms with Gasteiger partial charge in [0.25, 0.3) is 0 Å². The van der Waals surface area contributed by atoms with E-state index in [4.69, 9.17) is 17.3 Å². The Kier molecular flexibility index (Phi) is 4.19. The summed E-state index contributed by atoms with van der Waals surface area (Å²) < 4.78 is 0. The number of hydrogen-bond donors (Lipinski definition) is 2. The smallest absolute Gasteiger partial charge is 0.227 e. The van der Waals surface area contributed by atoms with Crippen LogP contribution in [0, 0.1) is 5.92 Å². The summed E-state index contributed by atoms with van der Waals surface area (Å²) in [7, 11) is 0. The van der Waals surface area contributed by atoms with E-state index in [1.54, 1.807) is 12.4 Å². The maximum atomic E-state index is 5.91. The van der Waals surface area contributed by atoms with Crippen LogP contribution in [0.25, 0.3) is 11.3 Å². The molecule has 1 aromatic carbocycles. The van der Waals surface area contributed by atoms with E-state index in [0.717, 1.165) is 29.1 Å². The van der Waals surface area contributed by atoms with E-state index in [1.807, 2.05) is 30.3 Å². The number of hydrogen-bond acceptors (Lipinski definition) is 6. The number of aromatic nitrogens is 4. The molecule has 1 aliphatic rings. The molecule has 0 radical (unpaired) electrons. The van der Waals surface area contributed by atoms with E-state index in [-0.39, 0.29) is 0 Å². The molecule has 0 atom stereocenters. The second-order valence-corrected chi connectivity index (χ2v) is 6.57. The van der Waals surface area contributed by atoms with E-state index in [9.17, 15) is 0 Å². The van der Waals surface area contributed by atoms with Gasteiger partial charge in [0.15, 0.2) is 0 Å². The maximum Gasteiger partial charge on any atom is 0.227 e. The van der Waals surface area contributed by atoms with E-state index in [2.05, 4.69) is 25.3 Å². The van der Waals surface area contributed by atoms with Crippen molar-refractivity contribution < 1.29 is 0 Å². The van der Waals surface area contributed by atoms with Crippen molar-refractivity contribution in [2.24, 2.45) is 5.92 Å². The van der Waals surface area contributed by atoms with Gasteiger partial charge in [0.1, 0.15) is 0 Å². The molecule has 126 valence electrons. The summed E-state index contributed by atoms with van der Waals surface area (Å²) in [5, 5.41) is 3.86. The number of halogens is 1. The second-order valence-electron chi connectivity index (χ2n) is 6.13. The third-order valence-corrected chi connectivity index (χ3v) is 4.35. The Morgan fingerprint density at radius 3 is 2.64 bits per heavy atom. The van der Waals surface area contributed by atoms with Crippen LogP contribution in [0.2, 0.25) is 5.02 Å². The van der Waals surface area contributed by atoms with Crippen molar-refractivity contribution in [3.05, 3.63) is 53.4 Å². The van der Waals surface area contributed by atoms with E-state index >= 15 is 0 Å². The average molecular weight is 353 g/mol. The normalized spacial score (nSPS) is 13.6. The summed E-state index contributed by atoms with van der Waals surface area (Å²) in [5.74, 6) is 1.50. The van der Waals surface area contributed by atoms with Gasteiger partial charge in [-0.3, -0.25) is 0 Å². The van der Waals surface area contributed by atoms with E-state index in [1.165, 1.54) is 12.8 Å². The summed E-state index contributed by atoms with van der Waals surface area (Å²) in [6.45, 7) is 0. The highest BCUT2D eigenvalue weighted by molar-refractivity contribution is 6.30. The lowest BCUT2D eigenvalue weighted by Crippen LogP contribution is -2.04. The Morgan fingerprint density at radius 1 is 1.08 bits per heavy atom. The fourth-order valence-corrected chi connectivity index (χ4v) is 2.75. The summed E-state index contributed by atoms with van der Waals surface area (Å²) >= 11 is 5.91. The minimum Gasteiger partial charge on any atom is -0.368 e. The molecular formula is C18H17ClN6. The molecule has 0 amide bonds. The van der Waals surface area contributed by atoms with Crippen molar-refractivity contribution in [1.82, 2.24) is 19.9 Å². The molecule has 0 aliphatic heterocycles. The first-order chi connectivity index (χ1) is 12.2. The van der Waals surface area contributed by atoms with Crippen molar-refractivity contribution in [2.75, 3.05) is 11.1 Å². The molecule has 1 aliphatic carbocycles. The van der Waals surface area contributed by atoms with Gasteiger partial charge in [0.2, 0.25) is 11.9 Å². The molecule has 1 fully saturated rings. The van der Waals surface area contributed by atoms with Gasteiger partial charge in [-0.25, -0.2) is 19.9 Å². The van der Waals surface area contributed by atoms with Crippen LogP contribution in [0.5, 0.6) is 0 Å². The van der Waals surface area contributed by atoms with E-state index in [0.29, 0.717) is 22.8 Å². The average Bonchev–Trinajstić information content (AvgIpc) is 3.41. The van der Waals surface area contributed by atoms with Crippen LogP contribution in [0.15, 0.2) is 42.7 Å². The number of benzene rings is 1. The van der Waals surface area contributed by atoms with Crippen LogP contribution in [0.3, 0.4) is 0 Å². The van der Waals surface area contributed by atoms with Crippen LogP contribution in [-0.2, 0) is 6.42 Å². The van der Waals surface area contributed by atoms with Gasteiger partial charge in [-0.2, -0.15) is 0 Å². The summed E-state index contributed by atoms with van der Waals surface area (Å²) in [4.78, 5) is 17.4. The van der Waals surface area contributed by atoms with Crippen molar-refractivity contribution >= 4 is 29.2 Å². The molecule has 0 bridgehead atoms. The molecule has 2 heterocycles. The van der Waals surface area contributed by atoms with Crippen LogP contribution in [-0.4, -0.2) is 19.9 Å². The third kappa shape index (κ3) is 3.85. The second kappa shape index (κ2) is 6.64. The molecule has 7 heteroatoms. The number of rotatable bonds is 5. The number of nitrogens with zero attached hydrogens (tertiary/aromatic N) is 4. The van der Waals surface area contributed by atoms with Gasteiger partial charge < -0.3 is 11.1 Å². The predicted molar refractivity (Wildman–Crippen MR) is 98.6 cm³/mol. The Morgan fingerprint density at radius 2 is 1.88 bits per heavy atom. The summed E-state index contributed by atoms with van der Waals surface area (Å²) in [6, 6.07) is 9.25. The Balaban J connectivity index is 1.63. The monoisotopic (exact) mass is 352 g/mol. The van der Waals surface area contributed by atoms with Crippen LogP contribution in [0.4, 0.5) is 17.6 Å². The minimum absolute atomic E-state index is 0.299. The first-order valence-electron chi connectivity index (χ1n) is 8.15. The van der Waals surface area contributed by atoms with Gasteiger partial charge in [0.05, 0.1) is 11.4 Å². The minimum atomic E-state index is 0.299. The van der Waals surface area contributed by atoms with Gasteiger partial charge in [-0.05, 0) is 55.5 Å². The zero-order chi connectivity index (χ0) is 17.2. The number of nitrogens with two attached hydrogens (primary N) is 1. The predicted octanol–water partition coefficient (Wildman–Crippen LogP) is 3.87. The highest BCUT2D eigenvalue weighted by Gasteiger charge is 2.24. The molecule has 3 aromatic rings. The zero-order valence-corrected chi connectivity index (χ0v) is 14.2. The first kappa shape index (κ1) is 15.8. The van der Waals surface area contributed by atoms with Gasteiger partial charge in [-0.1, -0.05) is 11.6 Å². The van der Waals surface area contributed by atoms with Crippen molar-refractivity contribution in [2.45, 2.75) is 19.3 Å². The Bertz CT molecular complexity index is 892. The Labute approximate surface area is 150 Å². The molecule has 25 heavy (non-hydrogen) atoms. The fourth-order valence-electron chi connectivity index (χ4n) is 2.63. The number of anilines is 3. The third-order valence-electron chi connectivity index (χ3n) is 4.10. The highest BCUT2D eigenvalue weighted by atomic mass is 35.5. The molecule has 3 N–H and O–H groups in total. The van der Waals surface area contributed by atoms with Crippen molar-refractivity contribution in [3.8, 4) is 11.3 Å². The molecule has 0 spiro atoms. The molecular weight excluding hydrogens is 336 g/mol. The van der Waals surface area contributed by atoms with Crippen molar-refractivity contribution in [3.63, 3.8) is 0 Å². The number of nitrogens with one attached hydrogen (secondary N) is 1. The standard InChI is InChI=1S/C18H17ClN6/c19-12-3-5-13(6-4-12)23-18-21-8-7-15(25-18)14-10-22-17(20)24-16(14)9-11-1-2-11/h3-8,10-11H,1-2,9H2,(H2,20,22,24)(H,21,23,25). The largest absolute Gasteiger partial charge is 0.368 e.